The monoisotopic (exact) mass is 178 g/mol. The number of hydrogen-bond donors (Lipinski definition) is 0. The fourth-order valence-corrected chi connectivity index (χ4v) is 1.67. The van der Waals surface area contributed by atoms with E-state index in [0.29, 0.717) is 17.3 Å². The van der Waals surface area contributed by atoms with Gasteiger partial charge in [-0.1, -0.05) is 13.8 Å². The fraction of sp³-hybridized carbons (Fsp3) is 0.857. The van der Waals surface area contributed by atoms with Crippen LogP contribution in [0.1, 0.15) is 13.8 Å². The Morgan fingerprint density at radius 2 is 1.50 bits per heavy atom. The van der Waals surface area contributed by atoms with Crippen LogP contribution < -0.4 is 0 Å². The number of rotatable bonds is 6. The van der Waals surface area contributed by atoms with Crippen molar-refractivity contribution in [1.82, 2.24) is 0 Å². The second-order valence-corrected chi connectivity index (χ2v) is 4.36. The highest BCUT2D eigenvalue weighted by Crippen LogP contribution is 2.03. The molecule has 0 fully saturated rings. The quantitative estimate of drug-likeness (QED) is 0.620. The van der Waals surface area contributed by atoms with Gasteiger partial charge in [0.1, 0.15) is 0 Å². The normalized spacial score (nSPS) is 9.80. The maximum Gasteiger partial charge on any atom is 0.152 e. The van der Waals surface area contributed by atoms with Crippen LogP contribution in [-0.4, -0.2) is 28.8 Å². The van der Waals surface area contributed by atoms with Gasteiger partial charge >= 0.3 is 0 Å². The largest absolute Gasteiger partial charge is 0.298 e. The Morgan fingerprint density at radius 3 is 1.80 bits per heavy atom. The second-order valence-electron chi connectivity index (χ2n) is 1.81. The third-order valence-electron chi connectivity index (χ3n) is 0.934. The Labute approximate surface area is 71.3 Å². The molecule has 0 amide bonds. The summed E-state index contributed by atoms with van der Waals surface area (Å²) in [6.07, 6.45) is 0. The molecule has 1 nitrogen and oxygen atoms in total. The SMILES string of the molecule is CCSCC(=O)CSCC. The third kappa shape index (κ3) is 6.49. The molecule has 3 heteroatoms. The molecule has 0 spiro atoms. The van der Waals surface area contributed by atoms with Crippen LogP contribution in [0.2, 0.25) is 0 Å². The minimum atomic E-state index is 0.374. The molecule has 10 heavy (non-hydrogen) atoms. The van der Waals surface area contributed by atoms with Crippen LogP contribution in [0.25, 0.3) is 0 Å². The van der Waals surface area contributed by atoms with Crippen molar-refractivity contribution < 1.29 is 4.79 Å². The van der Waals surface area contributed by atoms with E-state index in [1.165, 1.54) is 0 Å². The number of ketones is 1. The van der Waals surface area contributed by atoms with Crippen molar-refractivity contribution in [3.05, 3.63) is 0 Å². The van der Waals surface area contributed by atoms with Crippen molar-refractivity contribution in [3.63, 3.8) is 0 Å². The smallest absolute Gasteiger partial charge is 0.152 e. The Balaban J connectivity index is 3.09. The average molecular weight is 178 g/mol. The Bertz CT molecular complexity index is 83.6. The predicted octanol–water partition coefficient (Wildman–Crippen LogP) is 2.06. The maximum absolute atomic E-state index is 10.9. The van der Waals surface area contributed by atoms with Crippen molar-refractivity contribution in [1.29, 1.82) is 0 Å². The Hall–Kier alpha value is 0.370. The van der Waals surface area contributed by atoms with E-state index in [4.69, 9.17) is 0 Å². The molecular weight excluding hydrogens is 164 g/mol. The van der Waals surface area contributed by atoms with Gasteiger partial charge < -0.3 is 0 Å². The van der Waals surface area contributed by atoms with Gasteiger partial charge in [-0.3, -0.25) is 4.79 Å². The average Bonchev–Trinajstić information content (AvgIpc) is 1.97. The van der Waals surface area contributed by atoms with Gasteiger partial charge in [0, 0.05) is 0 Å². The van der Waals surface area contributed by atoms with Gasteiger partial charge in [0.2, 0.25) is 0 Å². The maximum atomic E-state index is 10.9. The zero-order chi connectivity index (χ0) is 7.82. The summed E-state index contributed by atoms with van der Waals surface area (Å²) in [5, 5.41) is 0. The Kier molecular flexibility index (Phi) is 7.75. The molecule has 0 aromatic heterocycles. The molecule has 0 N–H and O–H groups in total. The van der Waals surface area contributed by atoms with Crippen molar-refractivity contribution in [2.75, 3.05) is 23.0 Å². The molecular formula is C7H14OS2. The molecule has 0 aliphatic rings. The van der Waals surface area contributed by atoms with E-state index in [0.717, 1.165) is 11.5 Å². The first kappa shape index (κ1) is 10.4. The second kappa shape index (κ2) is 7.48. The van der Waals surface area contributed by atoms with Gasteiger partial charge in [-0.2, -0.15) is 23.5 Å². The molecule has 0 atom stereocenters. The van der Waals surface area contributed by atoms with E-state index in [1.54, 1.807) is 23.5 Å². The van der Waals surface area contributed by atoms with E-state index in [1.807, 2.05) is 0 Å². The van der Waals surface area contributed by atoms with E-state index >= 15 is 0 Å². The number of hydrogen-bond acceptors (Lipinski definition) is 3. The molecule has 0 aliphatic carbocycles. The first-order chi connectivity index (χ1) is 4.81. The van der Waals surface area contributed by atoms with Crippen molar-refractivity contribution in [2.45, 2.75) is 13.8 Å². The molecule has 60 valence electrons. The van der Waals surface area contributed by atoms with Crippen molar-refractivity contribution >= 4 is 29.3 Å². The lowest BCUT2D eigenvalue weighted by Crippen LogP contribution is -2.04. The van der Waals surface area contributed by atoms with Crippen LogP contribution in [0, 0.1) is 0 Å². The summed E-state index contributed by atoms with van der Waals surface area (Å²) in [5.74, 6) is 3.86. The zero-order valence-electron chi connectivity index (χ0n) is 6.55. The molecule has 0 saturated heterocycles. The highest BCUT2D eigenvalue weighted by molar-refractivity contribution is 8.01. The van der Waals surface area contributed by atoms with E-state index in [2.05, 4.69) is 13.8 Å². The molecule has 0 heterocycles. The van der Waals surface area contributed by atoms with E-state index < -0.39 is 0 Å². The lowest BCUT2D eigenvalue weighted by molar-refractivity contribution is -0.114. The number of Topliss-reactive ketones (excluding diaryl/α,β-unsaturated/α-hetero) is 1. The summed E-state index contributed by atoms with van der Waals surface area (Å²) >= 11 is 3.41. The molecule has 0 unspecified atom stereocenters. The Morgan fingerprint density at radius 1 is 1.10 bits per heavy atom. The van der Waals surface area contributed by atoms with Crippen LogP contribution in [0.4, 0.5) is 0 Å². The summed E-state index contributed by atoms with van der Waals surface area (Å²) in [5.41, 5.74) is 0. The molecule has 0 radical (unpaired) electrons. The van der Waals surface area contributed by atoms with Gasteiger partial charge in [-0.25, -0.2) is 0 Å². The van der Waals surface area contributed by atoms with Gasteiger partial charge in [-0.05, 0) is 11.5 Å². The minimum absolute atomic E-state index is 0.374. The van der Waals surface area contributed by atoms with Crippen molar-refractivity contribution in [2.24, 2.45) is 0 Å². The standard InChI is InChI=1S/C7H14OS2/c1-3-9-5-7(8)6-10-4-2/h3-6H2,1-2H3. The molecule has 0 bridgehead atoms. The first-order valence-corrected chi connectivity index (χ1v) is 5.79. The highest BCUT2D eigenvalue weighted by Gasteiger charge is 1.98. The third-order valence-corrected chi connectivity index (χ3v) is 2.80. The summed E-state index contributed by atoms with van der Waals surface area (Å²) in [4.78, 5) is 10.9. The van der Waals surface area contributed by atoms with Crippen LogP contribution in [-0.2, 0) is 4.79 Å². The van der Waals surface area contributed by atoms with Crippen LogP contribution >= 0.6 is 23.5 Å². The lowest BCUT2D eigenvalue weighted by atomic mass is 10.5. The van der Waals surface area contributed by atoms with E-state index in [-0.39, 0.29) is 0 Å². The van der Waals surface area contributed by atoms with Crippen LogP contribution in [0.15, 0.2) is 0 Å². The van der Waals surface area contributed by atoms with E-state index in [9.17, 15) is 4.79 Å². The molecule has 0 rings (SSSR count). The minimum Gasteiger partial charge on any atom is -0.298 e. The summed E-state index contributed by atoms with van der Waals surface area (Å²) < 4.78 is 0. The van der Waals surface area contributed by atoms with Crippen molar-refractivity contribution in [3.8, 4) is 0 Å². The number of carbonyl (C=O) groups is 1. The summed E-state index contributed by atoms with van der Waals surface area (Å²) in [6, 6.07) is 0. The van der Waals surface area contributed by atoms with Crippen LogP contribution in [0.5, 0.6) is 0 Å². The van der Waals surface area contributed by atoms with Crippen LogP contribution in [0.3, 0.4) is 0 Å². The van der Waals surface area contributed by atoms with Gasteiger partial charge in [0.15, 0.2) is 5.78 Å². The topological polar surface area (TPSA) is 17.1 Å². The predicted molar refractivity (Wildman–Crippen MR) is 51.0 cm³/mol. The molecule has 0 saturated carbocycles. The number of thioether (sulfide) groups is 2. The van der Waals surface area contributed by atoms with Gasteiger partial charge in [0.25, 0.3) is 0 Å². The molecule has 0 aromatic rings. The molecule has 0 aliphatic heterocycles. The van der Waals surface area contributed by atoms with Gasteiger partial charge in [0.05, 0.1) is 11.5 Å². The summed E-state index contributed by atoms with van der Waals surface area (Å²) in [7, 11) is 0. The molecule has 0 aromatic carbocycles. The first-order valence-electron chi connectivity index (χ1n) is 3.48. The van der Waals surface area contributed by atoms with Gasteiger partial charge in [-0.15, -0.1) is 0 Å². The number of carbonyl (C=O) groups excluding carboxylic acids is 1. The fourth-order valence-electron chi connectivity index (χ4n) is 0.473. The summed E-state index contributed by atoms with van der Waals surface area (Å²) in [6.45, 7) is 4.15. The highest BCUT2D eigenvalue weighted by atomic mass is 32.2. The zero-order valence-corrected chi connectivity index (χ0v) is 8.19. The lowest BCUT2D eigenvalue weighted by Gasteiger charge is -1.96.